The van der Waals surface area contributed by atoms with Crippen LogP contribution < -0.4 is 0 Å². The van der Waals surface area contributed by atoms with E-state index in [2.05, 4.69) is 72.1 Å². The van der Waals surface area contributed by atoms with Gasteiger partial charge in [-0.2, -0.15) is 0 Å². The fourth-order valence-corrected chi connectivity index (χ4v) is 3.34. The lowest BCUT2D eigenvalue weighted by Gasteiger charge is -2.39. The van der Waals surface area contributed by atoms with Gasteiger partial charge in [0.05, 0.1) is 33.7 Å². The van der Waals surface area contributed by atoms with Crippen molar-refractivity contribution < 1.29 is 13.8 Å². The molecule has 1 unspecified atom stereocenters. The van der Waals surface area contributed by atoms with E-state index in [0.717, 1.165) is 61.2 Å². The Morgan fingerprint density at radius 2 is 1.38 bits per heavy atom. The van der Waals surface area contributed by atoms with E-state index in [0.29, 0.717) is 6.54 Å². The number of nitrogens with zero attached hydrogens (tertiary/aromatic N) is 3. The first-order chi connectivity index (χ1) is 12.3. The highest BCUT2D eigenvalue weighted by Gasteiger charge is 2.30. The first kappa shape index (κ1) is 22.7. The van der Waals surface area contributed by atoms with Crippen LogP contribution in [-0.4, -0.2) is 86.2 Å². The number of likely N-dealkylation sites (N-methyl/N-ethyl adjacent to an activating group) is 3. The lowest BCUT2D eigenvalue weighted by molar-refractivity contribution is -0.958. The lowest BCUT2D eigenvalue weighted by Crippen LogP contribution is -2.58. The van der Waals surface area contributed by atoms with E-state index in [4.69, 9.17) is 0 Å². The second-order valence-corrected chi connectivity index (χ2v) is 8.00. The first-order valence-corrected chi connectivity index (χ1v) is 10.3. The van der Waals surface area contributed by atoms with Crippen LogP contribution in [0.4, 0.5) is 0 Å². The van der Waals surface area contributed by atoms with Crippen LogP contribution in [0, 0.1) is 0 Å². The number of hydrogen-bond donors (Lipinski definition) is 0. The number of carbonyl (C=O) groups excluding carboxylic acids is 1. The fraction of sp³-hybridized carbons (Fsp3) is 0.682. The molecule has 0 aliphatic carbocycles. The highest BCUT2D eigenvalue weighted by atomic mass is 16.2. The van der Waals surface area contributed by atoms with Crippen LogP contribution in [0.1, 0.15) is 33.3 Å². The summed E-state index contributed by atoms with van der Waals surface area (Å²) in [5.41, 5.74) is 1.36. The van der Waals surface area contributed by atoms with Crippen LogP contribution >= 0.6 is 0 Å². The molecule has 1 aromatic carbocycles. The number of carbonyl (C=O) groups is 1. The Bertz CT molecular complexity index is 523. The molecule has 1 amide bonds. The molecule has 1 aromatic rings. The second kappa shape index (κ2) is 10.7. The molecular formula is C22H41N3O+2. The Kier molecular flexibility index (Phi) is 9.31. The Hall–Kier alpha value is -1.39. The average Bonchev–Trinajstić information content (AvgIpc) is 2.66. The number of benzene rings is 1. The van der Waals surface area contributed by atoms with Crippen molar-refractivity contribution in [1.29, 1.82) is 0 Å². The zero-order valence-electron chi connectivity index (χ0n) is 18.0. The summed E-state index contributed by atoms with van der Waals surface area (Å²) in [6.07, 6.45) is 1.02. The minimum Gasteiger partial charge on any atom is -0.338 e. The molecule has 0 radical (unpaired) electrons. The molecular weight excluding hydrogens is 322 g/mol. The van der Waals surface area contributed by atoms with E-state index in [1.165, 1.54) is 5.56 Å². The van der Waals surface area contributed by atoms with Crippen LogP contribution in [0.5, 0.6) is 0 Å². The quantitative estimate of drug-likeness (QED) is 0.523. The lowest BCUT2D eigenvalue weighted by atomic mass is 10.1. The molecule has 0 aliphatic heterocycles. The van der Waals surface area contributed by atoms with E-state index in [1.54, 1.807) is 0 Å². The molecule has 0 heterocycles. The minimum atomic E-state index is 0.285. The van der Waals surface area contributed by atoms with Gasteiger partial charge in [0.15, 0.2) is 6.54 Å². The predicted octanol–water partition coefficient (Wildman–Crippen LogP) is 3.03. The average molecular weight is 364 g/mol. The van der Waals surface area contributed by atoms with Crippen molar-refractivity contribution >= 4 is 5.91 Å². The van der Waals surface area contributed by atoms with Crippen molar-refractivity contribution in [2.24, 2.45) is 0 Å². The Morgan fingerprint density at radius 1 is 0.846 bits per heavy atom. The van der Waals surface area contributed by atoms with Crippen molar-refractivity contribution in [3.63, 3.8) is 0 Å². The van der Waals surface area contributed by atoms with Crippen molar-refractivity contribution in [3.8, 4) is 0 Å². The number of rotatable bonds is 12. The maximum atomic E-state index is 12.8. The summed E-state index contributed by atoms with van der Waals surface area (Å²) in [6, 6.07) is 10.6. The Labute approximate surface area is 161 Å². The van der Waals surface area contributed by atoms with Gasteiger partial charge in [-0.05, 0) is 33.3 Å². The number of hydrogen-bond acceptors (Lipinski definition) is 1. The van der Waals surface area contributed by atoms with Gasteiger partial charge in [-0.3, -0.25) is 4.79 Å². The smallest absolute Gasteiger partial charge is 0.277 e. The predicted molar refractivity (Wildman–Crippen MR) is 111 cm³/mol. The summed E-state index contributed by atoms with van der Waals surface area (Å²) < 4.78 is 1.89. The summed E-state index contributed by atoms with van der Waals surface area (Å²) >= 11 is 0. The van der Waals surface area contributed by atoms with Gasteiger partial charge in [-0.15, -0.1) is 0 Å². The fourth-order valence-electron chi connectivity index (χ4n) is 3.34. The normalized spacial score (nSPS) is 14.1. The molecule has 0 saturated heterocycles. The van der Waals surface area contributed by atoms with Crippen LogP contribution in [0.15, 0.2) is 30.3 Å². The summed E-state index contributed by atoms with van der Waals surface area (Å²) in [6.45, 7) is 16.3. The van der Waals surface area contributed by atoms with Gasteiger partial charge in [0.25, 0.3) is 5.91 Å². The maximum Gasteiger partial charge on any atom is 0.277 e. The van der Waals surface area contributed by atoms with E-state index < -0.39 is 0 Å². The molecule has 0 spiro atoms. The molecule has 4 nitrogen and oxygen atoms in total. The van der Waals surface area contributed by atoms with Crippen molar-refractivity contribution in [3.05, 3.63) is 35.9 Å². The van der Waals surface area contributed by atoms with Crippen molar-refractivity contribution in [2.75, 3.05) is 66.5 Å². The third-order valence-corrected chi connectivity index (χ3v) is 6.12. The van der Waals surface area contributed by atoms with Gasteiger partial charge >= 0.3 is 0 Å². The third-order valence-electron chi connectivity index (χ3n) is 6.12. The topological polar surface area (TPSA) is 20.3 Å². The minimum absolute atomic E-state index is 0.285. The molecule has 0 saturated carbocycles. The second-order valence-electron chi connectivity index (χ2n) is 8.00. The Balaban J connectivity index is 2.86. The van der Waals surface area contributed by atoms with Gasteiger partial charge < -0.3 is 13.9 Å². The van der Waals surface area contributed by atoms with Gasteiger partial charge in [0.2, 0.25) is 0 Å². The number of quaternary nitrogens is 2. The van der Waals surface area contributed by atoms with Crippen LogP contribution in [0.2, 0.25) is 0 Å². The SMILES string of the molecule is CCN(CC)C(=O)C[N+](C)(CCc1ccccc1)CC[N+](C)(CC)CC. The molecule has 1 rings (SSSR count). The largest absolute Gasteiger partial charge is 0.338 e. The monoisotopic (exact) mass is 363 g/mol. The zero-order chi connectivity index (χ0) is 19.6. The van der Waals surface area contributed by atoms with Crippen LogP contribution in [0.3, 0.4) is 0 Å². The highest BCUT2D eigenvalue weighted by molar-refractivity contribution is 5.77. The Morgan fingerprint density at radius 3 is 1.88 bits per heavy atom. The summed E-state index contributed by atoms with van der Waals surface area (Å²) in [5.74, 6) is 0.285. The molecule has 4 heteroatoms. The van der Waals surface area contributed by atoms with Crippen LogP contribution in [-0.2, 0) is 11.2 Å². The zero-order valence-corrected chi connectivity index (χ0v) is 18.0. The maximum absolute atomic E-state index is 12.8. The van der Waals surface area contributed by atoms with E-state index in [-0.39, 0.29) is 5.91 Å². The molecule has 0 N–H and O–H groups in total. The molecule has 0 aromatic heterocycles. The van der Waals surface area contributed by atoms with Crippen LogP contribution in [0.25, 0.3) is 0 Å². The van der Waals surface area contributed by atoms with E-state index >= 15 is 0 Å². The van der Waals surface area contributed by atoms with Crippen molar-refractivity contribution in [2.45, 2.75) is 34.1 Å². The third kappa shape index (κ3) is 7.08. The van der Waals surface area contributed by atoms with Crippen molar-refractivity contribution in [1.82, 2.24) is 4.90 Å². The highest BCUT2D eigenvalue weighted by Crippen LogP contribution is 2.12. The molecule has 1 atom stereocenters. The molecule has 0 aliphatic rings. The summed E-state index contributed by atoms with van der Waals surface area (Å²) in [7, 11) is 4.59. The molecule has 148 valence electrons. The van der Waals surface area contributed by atoms with Gasteiger partial charge in [-0.1, -0.05) is 30.3 Å². The summed E-state index contributed by atoms with van der Waals surface area (Å²) in [4.78, 5) is 14.8. The summed E-state index contributed by atoms with van der Waals surface area (Å²) in [5, 5.41) is 0. The molecule has 0 bridgehead atoms. The molecule has 0 fully saturated rings. The van der Waals surface area contributed by atoms with Gasteiger partial charge in [-0.25, -0.2) is 0 Å². The first-order valence-electron chi connectivity index (χ1n) is 10.3. The standard InChI is InChI=1S/C22H41N3O/c1-7-23(8-2)22(26)20-25(6,19-18-24(5,9-3)10-4)17-16-21-14-12-11-13-15-21/h11-15H,7-10,16-20H2,1-6H3/q+2. The van der Waals surface area contributed by atoms with Gasteiger partial charge in [0.1, 0.15) is 13.1 Å². The molecule has 26 heavy (non-hydrogen) atoms. The van der Waals surface area contributed by atoms with Gasteiger partial charge in [0, 0.05) is 19.5 Å². The van der Waals surface area contributed by atoms with E-state index in [1.807, 2.05) is 4.90 Å². The van der Waals surface area contributed by atoms with E-state index in [9.17, 15) is 4.79 Å². The number of amides is 1.